The van der Waals surface area contributed by atoms with Crippen molar-refractivity contribution in [3.05, 3.63) is 117 Å². The monoisotopic (exact) mass is 552 g/mol. The smallest absolute Gasteiger partial charge is 0.122 e. The minimum absolute atomic E-state index is 0.957. The predicted octanol–water partition coefficient (Wildman–Crippen LogP) is 12.1. The molecule has 222 valence electrons. The molecule has 0 aliphatic carbocycles. The van der Waals surface area contributed by atoms with Gasteiger partial charge in [-0.3, -0.25) is 0 Å². The number of benzene rings is 3. The van der Waals surface area contributed by atoms with E-state index < -0.39 is 0 Å². The van der Waals surface area contributed by atoms with Crippen molar-refractivity contribution in [2.75, 3.05) is 7.11 Å². The maximum atomic E-state index is 5.25. The Morgan fingerprint density at radius 1 is 0.585 bits per heavy atom. The van der Waals surface area contributed by atoms with E-state index in [1.54, 1.807) is 7.11 Å². The second kappa shape index (κ2) is 20.5. The Labute approximate surface area is 253 Å². The Kier molecular flexibility index (Phi) is 17.9. The van der Waals surface area contributed by atoms with Gasteiger partial charge in [0.25, 0.3) is 0 Å². The van der Waals surface area contributed by atoms with Crippen LogP contribution in [0.1, 0.15) is 110 Å². The molecule has 0 aliphatic heterocycles. The van der Waals surface area contributed by atoms with Gasteiger partial charge in [-0.1, -0.05) is 111 Å². The maximum Gasteiger partial charge on any atom is 0.122 e. The van der Waals surface area contributed by atoms with Crippen LogP contribution in [0.2, 0.25) is 0 Å². The van der Waals surface area contributed by atoms with Crippen molar-refractivity contribution in [1.29, 1.82) is 0 Å². The van der Waals surface area contributed by atoms with Gasteiger partial charge in [0.2, 0.25) is 0 Å². The standard InChI is InChI=1S/C18H28.C12H16O.C10H12/c1-5-8-11-16-14-17(10-7-3)18(12-9-6-2)13-15(16)4;1-5-6-11-8-12(13-4)10(3)7-9(11)2;1-3-4-10-7-5-9(2)6-8-10/h7,10,13-14H,5-6,8-9,11-12H2,1-4H3;5-8H,1-4H3;3-8H,1-2H3/b10-7+;6-5+;4-3-. The van der Waals surface area contributed by atoms with Gasteiger partial charge in [0.1, 0.15) is 5.75 Å². The van der Waals surface area contributed by atoms with Crippen molar-refractivity contribution in [3.63, 3.8) is 0 Å². The van der Waals surface area contributed by atoms with Crippen LogP contribution >= 0.6 is 0 Å². The highest BCUT2D eigenvalue weighted by Crippen LogP contribution is 2.24. The van der Waals surface area contributed by atoms with Crippen LogP contribution in [-0.4, -0.2) is 7.11 Å². The van der Waals surface area contributed by atoms with E-state index in [0.29, 0.717) is 0 Å². The van der Waals surface area contributed by atoms with Gasteiger partial charge >= 0.3 is 0 Å². The van der Waals surface area contributed by atoms with Crippen molar-refractivity contribution >= 4 is 18.2 Å². The fourth-order valence-electron chi connectivity index (χ4n) is 4.68. The lowest BCUT2D eigenvalue weighted by molar-refractivity contribution is 0.411. The molecule has 1 heteroatoms. The third-order valence-electron chi connectivity index (χ3n) is 7.11. The van der Waals surface area contributed by atoms with Crippen LogP contribution in [-0.2, 0) is 12.8 Å². The molecule has 0 fully saturated rings. The summed E-state index contributed by atoms with van der Waals surface area (Å²) in [6.07, 6.45) is 20.3. The average Bonchev–Trinajstić information content (AvgIpc) is 2.96. The lowest BCUT2D eigenvalue weighted by Crippen LogP contribution is -1.97. The normalized spacial score (nSPS) is 11.0. The van der Waals surface area contributed by atoms with Crippen LogP contribution in [0.5, 0.6) is 5.75 Å². The fraction of sp³-hybridized carbons (Fsp3) is 0.400. The summed E-state index contributed by atoms with van der Waals surface area (Å²) >= 11 is 0. The molecule has 0 bridgehead atoms. The van der Waals surface area contributed by atoms with Gasteiger partial charge in [0.15, 0.2) is 0 Å². The van der Waals surface area contributed by atoms with Crippen molar-refractivity contribution in [2.24, 2.45) is 0 Å². The SMILES string of the molecule is C/C=C/c1cc(CCCC)c(C)cc1CCCC.C/C=C/c1cc(OC)c(C)cc1C.C/C=C\c1ccc(C)cc1. The van der Waals surface area contributed by atoms with E-state index >= 15 is 0 Å². The average molecular weight is 553 g/mol. The second-order valence-electron chi connectivity index (χ2n) is 10.8. The molecule has 0 atom stereocenters. The van der Waals surface area contributed by atoms with Gasteiger partial charge in [-0.15, -0.1) is 0 Å². The van der Waals surface area contributed by atoms with Crippen LogP contribution in [0.3, 0.4) is 0 Å². The quantitative estimate of drug-likeness (QED) is 0.243. The Balaban J connectivity index is 0.000000322. The van der Waals surface area contributed by atoms with Crippen LogP contribution in [0, 0.1) is 27.7 Å². The van der Waals surface area contributed by atoms with E-state index in [4.69, 9.17) is 4.74 Å². The molecule has 3 aromatic rings. The minimum Gasteiger partial charge on any atom is -0.496 e. The van der Waals surface area contributed by atoms with Gasteiger partial charge in [0.05, 0.1) is 7.11 Å². The zero-order valence-electron chi connectivity index (χ0n) is 27.7. The summed E-state index contributed by atoms with van der Waals surface area (Å²) in [6.45, 7) is 19.2. The summed E-state index contributed by atoms with van der Waals surface area (Å²) in [4.78, 5) is 0. The number of allylic oxidation sites excluding steroid dienone is 3. The zero-order chi connectivity index (χ0) is 30.6. The summed E-state index contributed by atoms with van der Waals surface area (Å²) < 4.78 is 5.25. The van der Waals surface area contributed by atoms with Crippen molar-refractivity contribution < 1.29 is 4.74 Å². The first-order valence-corrected chi connectivity index (χ1v) is 15.5. The Bertz CT molecular complexity index is 1240. The molecular formula is C40H56O. The van der Waals surface area contributed by atoms with Gasteiger partial charge in [0, 0.05) is 0 Å². The number of rotatable bonds is 10. The van der Waals surface area contributed by atoms with Gasteiger partial charge in [-0.05, 0) is 125 Å². The molecule has 1 nitrogen and oxygen atoms in total. The number of ether oxygens (including phenoxy) is 1. The minimum atomic E-state index is 0.957. The van der Waals surface area contributed by atoms with Gasteiger partial charge < -0.3 is 4.74 Å². The lowest BCUT2D eigenvalue weighted by atomic mass is 9.93. The second-order valence-corrected chi connectivity index (χ2v) is 10.8. The van der Waals surface area contributed by atoms with E-state index in [2.05, 4.69) is 121 Å². The van der Waals surface area contributed by atoms with Crippen molar-refractivity contribution in [1.82, 2.24) is 0 Å². The molecular weight excluding hydrogens is 496 g/mol. The molecule has 0 spiro atoms. The molecule has 3 rings (SSSR count). The first-order chi connectivity index (χ1) is 19.7. The summed E-state index contributed by atoms with van der Waals surface area (Å²) in [7, 11) is 1.71. The topological polar surface area (TPSA) is 9.23 Å². The van der Waals surface area contributed by atoms with Crippen molar-refractivity contribution in [3.8, 4) is 5.75 Å². The number of hydrogen-bond donors (Lipinski definition) is 0. The fourth-order valence-corrected chi connectivity index (χ4v) is 4.68. The highest BCUT2D eigenvalue weighted by molar-refractivity contribution is 5.58. The van der Waals surface area contributed by atoms with Gasteiger partial charge in [-0.2, -0.15) is 0 Å². The number of hydrogen-bond acceptors (Lipinski definition) is 1. The molecule has 0 radical (unpaired) electrons. The molecule has 0 saturated heterocycles. The molecule has 0 aliphatic rings. The number of unbranched alkanes of at least 4 members (excludes halogenated alkanes) is 2. The lowest BCUT2D eigenvalue weighted by Gasteiger charge is -2.12. The highest BCUT2D eigenvalue weighted by atomic mass is 16.5. The molecule has 0 N–H and O–H groups in total. The van der Waals surface area contributed by atoms with E-state index in [0.717, 1.165) is 5.75 Å². The number of aryl methyl sites for hydroxylation is 6. The van der Waals surface area contributed by atoms with Crippen LogP contribution in [0.4, 0.5) is 0 Å². The van der Waals surface area contributed by atoms with Crippen LogP contribution in [0.15, 0.2) is 66.8 Å². The molecule has 0 aromatic heterocycles. The Hall–Kier alpha value is -3.32. The first kappa shape index (κ1) is 35.7. The van der Waals surface area contributed by atoms with Crippen molar-refractivity contribution in [2.45, 2.75) is 101 Å². The maximum absolute atomic E-state index is 5.25. The van der Waals surface area contributed by atoms with E-state index in [9.17, 15) is 0 Å². The Morgan fingerprint density at radius 2 is 1.15 bits per heavy atom. The Morgan fingerprint density at radius 3 is 1.68 bits per heavy atom. The molecule has 0 amide bonds. The first-order valence-electron chi connectivity index (χ1n) is 15.5. The molecule has 0 unspecified atom stereocenters. The van der Waals surface area contributed by atoms with E-state index in [1.807, 2.05) is 26.0 Å². The van der Waals surface area contributed by atoms with E-state index in [-0.39, 0.29) is 0 Å². The zero-order valence-corrected chi connectivity index (χ0v) is 27.7. The van der Waals surface area contributed by atoms with Gasteiger partial charge in [-0.25, -0.2) is 0 Å². The molecule has 0 heterocycles. The third kappa shape index (κ3) is 13.3. The van der Waals surface area contributed by atoms with Crippen LogP contribution < -0.4 is 4.74 Å². The third-order valence-corrected chi connectivity index (χ3v) is 7.11. The number of methoxy groups -OCH3 is 1. The van der Waals surface area contributed by atoms with E-state index in [1.165, 1.54) is 88.6 Å². The summed E-state index contributed by atoms with van der Waals surface area (Å²) in [5.74, 6) is 0.957. The van der Waals surface area contributed by atoms with Crippen LogP contribution in [0.25, 0.3) is 18.2 Å². The highest BCUT2D eigenvalue weighted by Gasteiger charge is 2.05. The largest absolute Gasteiger partial charge is 0.496 e. The summed E-state index contributed by atoms with van der Waals surface area (Å²) in [5.41, 5.74) is 12.2. The molecule has 0 saturated carbocycles. The summed E-state index contributed by atoms with van der Waals surface area (Å²) in [5, 5.41) is 0. The molecule has 3 aromatic carbocycles. The summed E-state index contributed by atoms with van der Waals surface area (Å²) in [6, 6.07) is 17.5. The predicted molar refractivity (Wildman–Crippen MR) is 186 cm³/mol. The molecule has 41 heavy (non-hydrogen) atoms.